The first-order valence-corrected chi connectivity index (χ1v) is 11.7. The third kappa shape index (κ3) is 4.73. The number of benzene rings is 3. The van der Waals surface area contributed by atoms with Crippen molar-refractivity contribution in [1.29, 1.82) is 0 Å². The minimum Gasteiger partial charge on any atom is -0.489 e. The van der Waals surface area contributed by atoms with E-state index in [0.29, 0.717) is 42.1 Å². The zero-order valence-corrected chi connectivity index (χ0v) is 19.4. The van der Waals surface area contributed by atoms with E-state index in [9.17, 15) is 14.4 Å². The van der Waals surface area contributed by atoms with Crippen molar-refractivity contribution in [1.82, 2.24) is 0 Å². The van der Waals surface area contributed by atoms with Gasteiger partial charge in [0, 0.05) is 11.3 Å². The first kappa shape index (κ1) is 22.6. The molecule has 0 aromatic heterocycles. The summed E-state index contributed by atoms with van der Waals surface area (Å²) in [7, 11) is 0. The molecule has 0 unspecified atom stereocenters. The predicted octanol–water partition coefficient (Wildman–Crippen LogP) is 5.36. The molecular weight excluding hydrogens is 440 g/mol. The van der Waals surface area contributed by atoms with E-state index >= 15 is 0 Å². The highest BCUT2D eigenvalue weighted by molar-refractivity contribution is 6.22. The summed E-state index contributed by atoms with van der Waals surface area (Å²) in [4.78, 5) is 40.1. The summed E-state index contributed by atoms with van der Waals surface area (Å²) in [6, 6.07) is 23.7. The fourth-order valence-corrected chi connectivity index (χ4v) is 4.66. The molecule has 5 rings (SSSR count). The number of rotatable bonds is 6. The number of carbonyl (C=O) groups is 3. The molecule has 1 fully saturated rings. The van der Waals surface area contributed by atoms with Crippen LogP contribution in [0.15, 0.2) is 90.5 Å². The highest BCUT2D eigenvalue weighted by Gasteiger charge is 2.48. The van der Waals surface area contributed by atoms with Crippen molar-refractivity contribution in [3.63, 3.8) is 0 Å². The first-order valence-electron chi connectivity index (χ1n) is 11.7. The third-order valence-electron chi connectivity index (χ3n) is 6.55. The van der Waals surface area contributed by atoms with Crippen LogP contribution in [0.2, 0.25) is 0 Å². The lowest BCUT2D eigenvalue weighted by Gasteiger charge is -2.18. The van der Waals surface area contributed by atoms with Crippen LogP contribution in [0.5, 0.6) is 5.75 Å². The highest BCUT2D eigenvalue weighted by Crippen LogP contribution is 2.39. The molecule has 6 heteroatoms. The van der Waals surface area contributed by atoms with Gasteiger partial charge in [-0.1, -0.05) is 48.0 Å². The van der Waals surface area contributed by atoms with Crippen molar-refractivity contribution in [2.45, 2.75) is 26.4 Å². The van der Waals surface area contributed by atoms with Gasteiger partial charge in [0.25, 0.3) is 5.91 Å². The van der Waals surface area contributed by atoms with Crippen LogP contribution in [0.1, 0.15) is 35.7 Å². The van der Waals surface area contributed by atoms with Gasteiger partial charge >= 0.3 is 0 Å². The zero-order valence-electron chi connectivity index (χ0n) is 19.4. The molecule has 6 nitrogen and oxygen atoms in total. The average Bonchev–Trinajstić information content (AvgIpc) is 3.13. The van der Waals surface area contributed by atoms with Crippen molar-refractivity contribution in [2.24, 2.45) is 11.8 Å². The summed E-state index contributed by atoms with van der Waals surface area (Å²) in [6.45, 7) is 2.45. The average molecular weight is 467 g/mol. The van der Waals surface area contributed by atoms with E-state index in [-0.39, 0.29) is 29.6 Å². The number of nitrogens with zero attached hydrogens (tertiary/aromatic N) is 1. The number of allylic oxidation sites excluding steroid dienone is 2. The van der Waals surface area contributed by atoms with Crippen LogP contribution in [0.4, 0.5) is 11.4 Å². The van der Waals surface area contributed by atoms with Gasteiger partial charge in [-0.05, 0) is 67.8 Å². The minimum absolute atomic E-state index is 0.184. The molecule has 1 heterocycles. The Morgan fingerprint density at radius 1 is 0.943 bits per heavy atom. The Hall–Kier alpha value is -4.19. The molecule has 3 amide bonds. The topological polar surface area (TPSA) is 75.7 Å². The van der Waals surface area contributed by atoms with Gasteiger partial charge in [0.05, 0.1) is 17.5 Å². The summed E-state index contributed by atoms with van der Waals surface area (Å²) in [6.07, 6.45) is 3.23. The Morgan fingerprint density at radius 3 is 2.46 bits per heavy atom. The van der Waals surface area contributed by atoms with Crippen LogP contribution >= 0.6 is 0 Å². The Balaban J connectivity index is 1.25. The Morgan fingerprint density at radius 2 is 1.69 bits per heavy atom. The van der Waals surface area contributed by atoms with Crippen molar-refractivity contribution in [2.75, 3.05) is 10.2 Å². The quantitative estimate of drug-likeness (QED) is 0.392. The molecule has 0 bridgehead atoms. The normalized spacial score (nSPS) is 19.2. The lowest BCUT2D eigenvalue weighted by atomic mass is 9.82. The van der Waals surface area contributed by atoms with E-state index in [1.165, 1.54) is 4.90 Å². The molecule has 0 saturated carbocycles. The van der Waals surface area contributed by atoms with Gasteiger partial charge in [-0.3, -0.25) is 19.3 Å². The summed E-state index contributed by atoms with van der Waals surface area (Å²) in [5.74, 6) is -0.618. The number of imide groups is 1. The Labute approximate surface area is 204 Å². The van der Waals surface area contributed by atoms with Crippen molar-refractivity contribution in [3.8, 4) is 5.75 Å². The lowest BCUT2D eigenvalue weighted by molar-refractivity contribution is -0.122. The van der Waals surface area contributed by atoms with Crippen molar-refractivity contribution >= 4 is 29.1 Å². The third-order valence-corrected chi connectivity index (χ3v) is 6.55. The Bertz CT molecular complexity index is 1300. The molecule has 176 valence electrons. The molecule has 0 radical (unpaired) electrons. The number of amides is 3. The van der Waals surface area contributed by atoms with Gasteiger partial charge < -0.3 is 10.1 Å². The van der Waals surface area contributed by atoms with E-state index < -0.39 is 0 Å². The van der Waals surface area contributed by atoms with E-state index in [1.54, 1.807) is 48.5 Å². The largest absolute Gasteiger partial charge is 0.489 e. The number of fused-ring (bicyclic) bond motifs is 1. The second-order valence-electron chi connectivity index (χ2n) is 9.02. The number of ether oxygens (including phenoxy) is 1. The molecule has 1 saturated heterocycles. The standard InChI is InChI=1S/C29H26N2O4/c1-19-10-15-25-26(16-19)29(34)31(28(25)33)23-9-5-8-21(17-23)27(32)30-22-11-13-24(14-12-22)35-18-20-6-3-2-4-7-20/h2-14,17,25-26H,15-16,18H2,1H3,(H,30,32)/t25-,26-/m1/s1. The molecule has 3 aromatic carbocycles. The van der Waals surface area contributed by atoms with Crippen LogP contribution in [0, 0.1) is 11.8 Å². The smallest absolute Gasteiger partial charge is 0.255 e. The summed E-state index contributed by atoms with van der Waals surface area (Å²) < 4.78 is 5.79. The van der Waals surface area contributed by atoms with Crippen LogP contribution < -0.4 is 15.0 Å². The number of hydrogen-bond donors (Lipinski definition) is 1. The predicted molar refractivity (Wildman–Crippen MR) is 134 cm³/mol. The lowest BCUT2D eigenvalue weighted by Crippen LogP contribution is -2.31. The van der Waals surface area contributed by atoms with E-state index in [0.717, 1.165) is 11.1 Å². The summed E-state index contributed by atoms with van der Waals surface area (Å²) in [5, 5.41) is 2.86. The van der Waals surface area contributed by atoms with Crippen molar-refractivity contribution < 1.29 is 19.1 Å². The Kier molecular flexibility index (Phi) is 6.19. The van der Waals surface area contributed by atoms with Crippen LogP contribution in [0.3, 0.4) is 0 Å². The highest BCUT2D eigenvalue weighted by atomic mass is 16.5. The molecule has 2 aliphatic rings. The summed E-state index contributed by atoms with van der Waals surface area (Å²) >= 11 is 0. The maximum absolute atomic E-state index is 13.0. The summed E-state index contributed by atoms with van der Waals surface area (Å²) in [5.41, 5.74) is 3.64. The molecular formula is C29H26N2O4. The zero-order chi connectivity index (χ0) is 24.4. The monoisotopic (exact) mass is 466 g/mol. The first-order chi connectivity index (χ1) is 17.0. The molecule has 3 aromatic rings. The van der Waals surface area contributed by atoms with E-state index in [4.69, 9.17) is 4.74 Å². The molecule has 35 heavy (non-hydrogen) atoms. The number of carbonyl (C=O) groups excluding carboxylic acids is 3. The van der Waals surface area contributed by atoms with Crippen LogP contribution in [-0.2, 0) is 16.2 Å². The van der Waals surface area contributed by atoms with Gasteiger partial charge in [-0.2, -0.15) is 0 Å². The molecule has 0 spiro atoms. The van der Waals surface area contributed by atoms with Gasteiger partial charge in [0.1, 0.15) is 12.4 Å². The van der Waals surface area contributed by atoms with Gasteiger partial charge in [-0.15, -0.1) is 0 Å². The minimum atomic E-state index is -0.321. The second kappa shape index (κ2) is 9.58. The SMILES string of the molecule is CC1=CC[C@H]2C(=O)N(c3cccc(C(=O)Nc4ccc(OCc5ccccc5)cc4)c3)C(=O)[C@@H]2C1. The molecule has 1 N–H and O–H groups in total. The molecule has 1 aliphatic carbocycles. The van der Waals surface area contributed by atoms with E-state index in [2.05, 4.69) is 5.32 Å². The van der Waals surface area contributed by atoms with Gasteiger partial charge in [0.15, 0.2) is 0 Å². The van der Waals surface area contributed by atoms with Gasteiger partial charge in [-0.25, -0.2) is 0 Å². The maximum atomic E-state index is 13.0. The van der Waals surface area contributed by atoms with Gasteiger partial charge in [0.2, 0.25) is 11.8 Å². The number of hydrogen-bond acceptors (Lipinski definition) is 4. The molecule has 1 aliphatic heterocycles. The van der Waals surface area contributed by atoms with Crippen LogP contribution in [-0.4, -0.2) is 17.7 Å². The number of nitrogens with one attached hydrogen (secondary N) is 1. The van der Waals surface area contributed by atoms with Crippen molar-refractivity contribution in [3.05, 3.63) is 102 Å². The number of anilines is 2. The fourth-order valence-electron chi connectivity index (χ4n) is 4.66. The fraction of sp³-hybridized carbons (Fsp3) is 0.207. The molecule has 2 atom stereocenters. The van der Waals surface area contributed by atoms with E-state index in [1.807, 2.05) is 43.3 Å². The maximum Gasteiger partial charge on any atom is 0.255 e. The second-order valence-corrected chi connectivity index (χ2v) is 9.02. The van der Waals surface area contributed by atoms with Crippen LogP contribution in [0.25, 0.3) is 0 Å².